The van der Waals surface area contributed by atoms with Crippen molar-refractivity contribution >= 4 is 28.3 Å². The van der Waals surface area contributed by atoms with E-state index < -0.39 is 16.0 Å². The Morgan fingerprint density at radius 3 is 2.59 bits per heavy atom. The summed E-state index contributed by atoms with van der Waals surface area (Å²) in [6.07, 6.45) is 0. The fourth-order valence-corrected chi connectivity index (χ4v) is 2.75. The van der Waals surface area contributed by atoms with Gasteiger partial charge in [0.1, 0.15) is 11.0 Å². The van der Waals surface area contributed by atoms with Crippen molar-refractivity contribution in [2.75, 3.05) is 10.7 Å². The number of para-hydroxylation sites is 1. The summed E-state index contributed by atoms with van der Waals surface area (Å²) in [5.74, 6) is -0.851. The Hall–Kier alpha value is -1.49. The highest BCUT2D eigenvalue weighted by molar-refractivity contribution is 7.87. The fourth-order valence-electron chi connectivity index (χ4n) is 1.80. The van der Waals surface area contributed by atoms with Gasteiger partial charge in [-0.1, -0.05) is 18.2 Å². The number of nitrogens with zero attached hydrogens (tertiary/aromatic N) is 1. The van der Waals surface area contributed by atoms with Gasteiger partial charge in [0.25, 0.3) is 0 Å². The molecule has 1 aromatic rings. The molecular weight excluding hydrogens is 238 g/mol. The SMILES string of the molecule is Cc1ccccc1N1C(=O)C[S@@](=O)[C@H](C)C1=O. The molecule has 1 aliphatic rings. The molecule has 5 heteroatoms. The minimum atomic E-state index is -1.39. The first-order valence-corrected chi connectivity index (χ1v) is 6.70. The lowest BCUT2D eigenvalue weighted by atomic mass is 10.1. The molecule has 17 heavy (non-hydrogen) atoms. The summed E-state index contributed by atoms with van der Waals surface area (Å²) < 4.78 is 11.5. The van der Waals surface area contributed by atoms with E-state index in [1.54, 1.807) is 19.1 Å². The van der Waals surface area contributed by atoms with Crippen LogP contribution in [0.2, 0.25) is 0 Å². The second kappa shape index (κ2) is 4.41. The third-order valence-electron chi connectivity index (χ3n) is 2.83. The summed E-state index contributed by atoms with van der Waals surface area (Å²) in [5.41, 5.74) is 1.44. The summed E-state index contributed by atoms with van der Waals surface area (Å²) >= 11 is 0. The van der Waals surface area contributed by atoms with E-state index in [0.717, 1.165) is 10.5 Å². The molecule has 1 heterocycles. The zero-order valence-electron chi connectivity index (χ0n) is 9.67. The first-order chi connectivity index (χ1) is 8.02. The predicted molar refractivity (Wildman–Crippen MR) is 66.1 cm³/mol. The smallest absolute Gasteiger partial charge is 0.249 e. The first-order valence-electron chi connectivity index (χ1n) is 5.32. The van der Waals surface area contributed by atoms with Crippen LogP contribution in [0.5, 0.6) is 0 Å². The van der Waals surface area contributed by atoms with Gasteiger partial charge in [0.15, 0.2) is 0 Å². The number of imide groups is 1. The Bertz CT molecular complexity index is 512. The first kappa shape index (κ1) is 12.0. The van der Waals surface area contributed by atoms with Gasteiger partial charge in [0, 0.05) is 10.8 Å². The highest BCUT2D eigenvalue weighted by Gasteiger charge is 2.38. The number of carbonyl (C=O) groups is 2. The van der Waals surface area contributed by atoms with Crippen LogP contribution in [0.1, 0.15) is 12.5 Å². The lowest BCUT2D eigenvalue weighted by Crippen LogP contribution is -2.52. The number of benzene rings is 1. The monoisotopic (exact) mass is 251 g/mol. The number of anilines is 1. The maximum atomic E-state index is 12.0. The number of hydrogen-bond acceptors (Lipinski definition) is 3. The highest BCUT2D eigenvalue weighted by atomic mass is 32.2. The van der Waals surface area contributed by atoms with Crippen LogP contribution in [0.25, 0.3) is 0 Å². The standard InChI is InChI=1S/C12H13NO3S/c1-8-5-3-4-6-10(8)13-11(14)7-17(16)9(2)12(13)15/h3-6,9H,7H2,1-2H3/t9-,17-/m1/s1. The molecule has 2 atom stereocenters. The van der Waals surface area contributed by atoms with Crippen molar-refractivity contribution in [3.05, 3.63) is 29.8 Å². The Kier molecular flexibility index (Phi) is 3.11. The quantitative estimate of drug-likeness (QED) is 0.700. The summed E-state index contributed by atoms with van der Waals surface area (Å²) in [4.78, 5) is 25.0. The zero-order valence-corrected chi connectivity index (χ0v) is 10.5. The molecule has 0 aromatic heterocycles. The molecule has 0 unspecified atom stereocenters. The molecule has 1 fully saturated rings. The third-order valence-corrected chi connectivity index (χ3v) is 4.36. The van der Waals surface area contributed by atoms with Crippen LogP contribution in [0.3, 0.4) is 0 Å². The van der Waals surface area contributed by atoms with E-state index in [1.807, 2.05) is 19.1 Å². The van der Waals surface area contributed by atoms with Crippen LogP contribution in [-0.4, -0.2) is 27.0 Å². The zero-order chi connectivity index (χ0) is 12.6. The van der Waals surface area contributed by atoms with Gasteiger partial charge in [-0.25, -0.2) is 4.90 Å². The van der Waals surface area contributed by atoms with Crippen molar-refractivity contribution in [2.24, 2.45) is 0 Å². The second-order valence-corrected chi connectivity index (χ2v) is 5.78. The van der Waals surface area contributed by atoms with Crippen LogP contribution < -0.4 is 4.90 Å². The number of carbonyl (C=O) groups excluding carboxylic acids is 2. The van der Waals surface area contributed by atoms with Crippen LogP contribution in [-0.2, 0) is 20.4 Å². The largest absolute Gasteiger partial charge is 0.273 e. The summed E-state index contributed by atoms with van der Waals surface area (Å²) in [6.45, 7) is 3.43. The van der Waals surface area contributed by atoms with Crippen molar-refractivity contribution in [3.63, 3.8) is 0 Å². The average Bonchev–Trinajstić information content (AvgIpc) is 2.29. The predicted octanol–water partition coefficient (Wildman–Crippen LogP) is 1.01. The lowest BCUT2D eigenvalue weighted by Gasteiger charge is -2.29. The summed E-state index contributed by atoms with van der Waals surface area (Å²) in [6, 6.07) is 7.19. The topological polar surface area (TPSA) is 54.5 Å². The average molecular weight is 251 g/mol. The maximum absolute atomic E-state index is 12.0. The molecule has 2 amide bonds. The number of amides is 2. The van der Waals surface area contributed by atoms with Gasteiger partial charge in [-0.3, -0.25) is 13.8 Å². The molecule has 0 saturated carbocycles. The minimum absolute atomic E-state index is 0.0821. The van der Waals surface area contributed by atoms with Crippen LogP contribution in [0, 0.1) is 6.92 Å². The van der Waals surface area contributed by atoms with Crippen LogP contribution in [0.15, 0.2) is 24.3 Å². The van der Waals surface area contributed by atoms with E-state index in [1.165, 1.54) is 0 Å². The van der Waals surface area contributed by atoms with Gasteiger partial charge in [0.05, 0.1) is 5.69 Å². The Morgan fingerprint density at radius 2 is 1.94 bits per heavy atom. The van der Waals surface area contributed by atoms with E-state index in [4.69, 9.17) is 0 Å². The van der Waals surface area contributed by atoms with Crippen molar-refractivity contribution in [1.29, 1.82) is 0 Å². The molecule has 0 bridgehead atoms. The van der Waals surface area contributed by atoms with Crippen molar-refractivity contribution in [3.8, 4) is 0 Å². The van der Waals surface area contributed by atoms with Gasteiger partial charge >= 0.3 is 0 Å². The van der Waals surface area contributed by atoms with E-state index in [0.29, 0.717) is 5.69 Å². The molecule has 1 aromatic carbocycles. The third kappa shape index (κ3) is 2.02. The Morgan fingerprint density at radius 1 is 1.29 bits per heavy atom. The normalized spacial score (nSPS) is 25.2. The molecule has 0 spiro atoms. The maximum Gasteiger partial charge on any atom is 0.249 e. The second-order valence-electron chi connectivity index (χ2n) is 4.02. The van der Waals surface area contributed by atoms with Gasteiger partial charge in [-0.05, 0) is 25.5 Å². The number of aryl methyl sites for hydroxylation is 1. The molecule has 0 N–H and O–H groups in total. The Balaban J connectivity index is 2.45. The van der Waals surface area contributed by atoms with Gasteiger partial charge in [0.2, 0.25) is 11.8 Å². The van der Waals surface area contributed by atoms with Crippen molar-refractivity contribution < 1.29 is 13.8 Å². The minimum Gasteiger partial charge on any atom is -0.273 e. The number of hydrogen-bond donors (Lipinski definition) is 0. The molecule has 0 radical (unpaired) electrons. The van der Waals surface area contributed by atoms with Gasteiger partial charge < -0.3 is 0 Å². The lowest BCUT2D eigenvalue weighted by molar-refractivity contribution is -0.125. The van der Waals surface area contributed by atoms with Crippen molar-refractivity contribution in [1.82, 2.24) is 0 Å². The molecule has 90 valence electrons. The van der Waals surface area contributed by atoms with E-state index >= 15 is 0 Å². The van der Waals surface area contributed by atoms with Crippen LogP contribution >= 0.6 is 0 Å². The molecule has 1 aliphatic heterocycles. The Labute approximate surface area is 102 Å². The van der Waals surface area contributed by atoms with Gasteiger partial charge in [-0.2, -0.15) is 0 Å². The van der Waals surface area contributed by atoms with E-state index in [2.05, 4.69) is 0 Å². The van der Waals surface area contributed by atoms with E-state index in [9.17, 15) is 13.8 Å². The summed E-state index contributed by atoms with van der Waals surface area (Å²) in [5, 5.41) is -0.618. The summed E-state index contributed by atoms with van der Waals surface area (Å²) in [7, 11) is -1.39. The molecule has 2 rings (SSSR count). The highest BCUT2D eigenvalue weighted by Crippen LogP contribution is 2.24. The fraction of sp³-hybridized carbons (Fsp3) is 0.333. The van der Waals surface area contributed by atoms with Crippen molar-refractivity contribution in [2.45, 2.75) is 19.1 Å². The van der Waals surface area contributed by atoms with Gasteiger partial charge in [-0.15, -0.1) is 0 Å². The molecule has 4 nitrogen and oxygen atoms in total. The number of rotatable bonds is 1. The van der Waals surface area contributed by atoms with Crippen LogP contribution in [0.4, 0.5) is 5.69 Å². The molecule has 0 aliphatic carbocycles. The van der Waals surface area contributed by atoms with E-state index in [-0.39, 0.29) is 17.6 Å². The molecular formula is C12H13NO3S. The molecule has 1 saturated heterocycles.